The van der Waals surface area contributed by atoms with Gasteiger partial charge in [-0.2, -0.15) is 5.26 Å². The lowest BCUT2D eigenvalue weighted by molar-refractivity contribution is 0.625. The fraction of sp³-hybridized carbons (Fsp3) is 0.188. The van der Waals surface area contributed by atoms with Gasteiger partial charge in [0.15, 0.2) is 0 Å². The first-order chi connectivity index (χ1) is 9.11. The van der Waals surface area contributed by atoms with Gasteiger partial charge in [0, 0.05) is 19.3 Å². The number of nitriles is 1. The van der Waals surface area contributed by atoms with Crippen molar-refractivity contribution in [2.24, 2.45) is 0 Å². The zero-order valence-electron chi connectivity index (χ0n) is 11.0. The average Bonchev–Trinajstić information content (AvgIpc) is 2.39. The molecule has 0 heterocycles. The van der Waals surface area contributed by atoms with Crippen LogP contribution in [0.25, 0.3) is 0 Å². The van der Waals surface area contributed by atoms with Gasteiger partial charge >= 0.3 is 0 Å². The Morgan fingerprint density at radius 2 is 1.95 bits per heavy atom. The number of rotatable bonds is 3. The first-order valence-electron chi connectivity index (χ1n) is 6.07. The summed E-state index contributed by atoms with van der Waals surface area (Å²) in [5.41, 5.74) is 3.45. The average molecular weight is 254 g/mol. The van der Waals surface area contributed by atoms with Crippen molar-refractivity contribution in [1.29, 1.82) is 5.26 Å². The molecule has 0 atom stereocenters. The van der Waals surface area contributed by atoms with Gasteiger partial charge in [-0.05, 0) is 42.3 Å². The second-order valence-corrected chi connectivity index (χ2v) is 4.56. The van der Waals surface area contributed by atoms with E-state index in [-0.39, 0.29) is 5.82 Å². The van der Waals surface area contributed by atoms with Crippen molar-refractivity contribution >= 4 is 5.69 Å². The molecule has 2 nitrogen and oxygen atoms in total. The smallest absolute Gasteiger partial charge is 0.123 e. The standard InChI is InChI=1S/C16H15FN2/c1-12-5-3-4-6-16(12)19(2)11-14-9-15(17)8-7-13(14)10-18/h3-9H,11H2,1-2H3. The second kappa shape index (κ2) is 5.53. The van der Waals surface area contributed by atoms with E-state index in [4.69, 9.17) is 5.26 Å². The lowest BCUT2D eigenvalue weighted by atomic mass is 10.1. The summed E-state index contributed by atoms with van der Waals surface area (Å²) in [5.74, 6) is -0.313. The van der Waals surface area contributed by atoms with Crippen LogP contribution in [0.1, 0.15) is 16.7 Å². The van der Waals surface area contributed by atoms with Crippen LogP contribution in [0.5, 0.6) is 0 Å². The summed E-state index contributed by atoms with van der Waals surface area (Å²) < 4.78 is 13.3. The first-order valence-corrected chi connectivity index (χ1v) is 6.07. The Kier molecular flexibility index (Phi) is 3.82. The third-order valence-electron chi connectivity index (χ3n) is 3.12. The number of para-hydroxylation sites is 1. The minimum atomic E-state index is -0.313. The Hall–Kier alpha value is -2.34. The van der Waals surface area contributed by atoms with E-state index >= 15 is 0 Å². The normalized spacial score (nSPS) is 10.0. The molecule has 3 heteroatoms. The van der Waals surface area contributed by atoms with E-state index in [0.29, 0.717) is 17.7 Å². The first kappa shape index (κ1) is 13.1. The molecule has 0 fully saturated rings. The Balaban J connectivity index is 2.29. The van der Waals surface area contributed by atoms with Crippen LogP contribution in [-0.2, 0) is 6.54 Å². The van der Waals surface area contributed by atoms with Crippen LogP contribution in [0.2, 0.25) is 0 Å². The number of anilines is 1. The number of aryl methyl sites for hydroxylation is 1. The van der Waals surface area contributed by atoms with Gasteiger partial charge in [0.1, 0.15) is 5.82 Å². The van der Waals surface area contributed by atoms with Crippen LogP contribution in [-0.4, -0.2) is 7.05 Å². The quantitative estimate of drug-likeness (QED) is 0.836. The maximum Gasteiger partial charge on any atom is 0.123 e. The van der Waals surface area contributed by atoms with E-state index in [1.165, 1.54) is 18.2 Å². The Labute approximate surface area is 112 Å². The van der Waals surface area contributed by atoms with Crippen LogP contribution in [0.3, 0.4) is 0 Å². The molecule has 96 valence electrons. The van der Waals surface area contributed by atoms with E-state index < -0.39 is 0 Å². The van der Waals surface area contributed by atoms with Crippen LogP contribution >= 0.6 is 0 Å². The molecule has 0 aliphatic carbocycles. The number of benzene rings is 2. The van der Waals surface area contributed by atoms with Gasteiger partial charge in [-0.15, -0.1) is 0 Å². The summed E-state index contributed by atoms with van der Waals surface area (Å²) in [5, 5.41) is 9.06. The summed E-state index contributed by atoms with van der Waals surface area (Å²) in [6, 6.07) is 14.4. The maximum absolute atomic E-state index is 13.3. The molecule has 0 radical (unpaired) electrons. The predicted octanol–water partition coefficient (Wildman–Crippen LogP) is 3.64. The predicted molar refractivity (Wildman–Crippen MR) is 74.4 cm³/mol. The molecule has 2 rings (SSSR count). The molecule has 0 amide bonds. The van der Waals surface area contributed by atoms with Gasteiger partial charge in [0.05, 0.1) is 11.6 Å². The lowest BCUT2D eigenvalue weighted by Crippen LogP contribution is -2.18. The number of hydrogen-bond donors (Lipinski definition) is 0. The molecule has 0 aliphatic heterocycles. The fourth-order valence-electron chi connectivity index (χ4n) is 2.13. The van der Waals surface area contributed by atoms with Gasteiger partial charge in [-0.25, -0.2) is 4.39 Å². The minimum Gasteiger partial charge on any atom is -0.370 e. The number of nitrogens with zero attached hydrogens (tertiary/aromatic N) is 2. The van der Waals surface area contributed by atoms with E-state index in [1.807, 2.05) is 43.1 Å². The number of halogens is 1. The summed E-state index contributed by atoms with van der Waals surface area (Å²) in [7, 11) is 1.94. The van der Waals surface area contributed by atoms with Crippen molar-refractivity contribution < 1.29 is 4.39 Å². The van der Waals surface area contributed by atoms with Crippen molar-refractivity contribution in [3.8, 4) is 6.07 Å². The third-order valence-corrected chi connectivity index (χ3v) is 3.12. The maximum atomic E-state index is 13.3. The molecule has 0 aromatic heterocycles. The van der Waals surface area contributed by atoms with Crippen LogP contribution in [0, 0.1) is 24.1 Å². The highest BCUT2D eigenvalue weighted by Gasteiger charge is 2.09. The Bertz CT molecular complexity index is 629. The van der Waals surface area contributed by atoms with E-state index in [1.54, 1.807) is 0 Å². The number of hydrogen-bond acceptors (Lipinski definition) is 2. The Morgan fingerprint density at radius 1 is 1.21 bits per heavy atom. The van der Waals surface area contributed by atoms with Crippen LogP contribution < -0.4 is 4.90 Å². The van der Waals surface area contributed by atoms with Crippen molar-refractivity contribution in [3.05, 3.63) is 65.0 Å². The molecule has 0 unspecified atom stereocenters. The zero-order chi connectivity index (χ0) is 13.8. The minimum absolute atomic E-state index is 0.313. The molecule has 19 heavy (non-hydrogen) atoms. The van der Waals surface area contributed by atoms with Crippen molar-refractivity contribution in [2.75, 3.05) is 11.9 Å². The second-order valence-electron chi connectivity index (χ2n) is 4.56. The highest BCUT2D eigenvalue weighted by atomic mass is 19.1. The monoisotopic (exact) mass is 254 g/mol. The fourth-order valence-corrected chi connectivity index (χ4v) is 2.13. The highest BCUT2D eigenvalue weighted by Crippen LogP contribution is 2.21. The Morgan fingerprint density at radius 3 is 2.63 bits per heavy atom. The van der Waals surface area contributed by atoms with E-state index in [2.05, 4.69) is 6.07 Å². The third kappa shape index (κ3) is 2.92. The molecule has 0 N–H and O–H groups in total. The molecular formula is C16H15FN2. The van der Waals surface area contributed by atoms with Gasteiger partial charge in [-0.3, -0.25) is 0 Å². The molecule has 0 bridgehead atoms. The zero-order valence-corrected chi connectivity index (χ0v) is 11.0. The summed E-state index contributed by atoms with van der Waals surface area (Å²) in [6.45, 7) is 2.54. The molecular weight excluding hydrogens is 239 g/mol. The summed E-state index contributed by atoms with van der Waals surface area (Å²) in [6.07, 6.45) is 0. The topological polar surface area (TPSA) is 27.0 Å². The van der Waals surface area contributed by atoms with E-state index in [0.717, 1.165) is 11.3 Å². The van der Waals surface area contributed by atoms with Crippen LogP contribution in [0.15, 0.2) is 42.5 Å². The van der Waals surface area contributed by atoms with Crippen molar-refractivity contribution in [1.82, 2.24) is 0 Å². The SMILES string of the molecule is Cc1ccccc1N(C)Cc1cc(F)ccc1C#N. The van der Waals surface area contributed by atoms with Gasteiger partial charge in [0.2, 0.25) is 0 Å². The lowest BCUT2D eigenvalue weighted by Gasteiger charge is -2.22. The summed E-state index contributed by atoms with van der Waals surface area (Å²) in [4.78, 5) is 2.02. The van der Waals surface area contributed by atoms with Crippen molar-refractivity contribution in [2.45, 2.75) is 13.5 Å². The molecule has 2 aromatic carbocycles. The van der Waals surface area contributed by atoms with Gasteiger partial charge in [0.25, 0.3) is 0 Å². The van der Waals surface area contributed by atoms with Crippen molar-refractivity contribution in [3.63, 3.8) is 0 Å². The molecule has 0 aliphatic rings. The van der Waals surface area contributed by atoms with E-state index in [9.17, 15) is 4.39 Å². The van der Waals surface area contributed by atoms with Gasteiger partial charge < -0.3 is 4.90 Å². The molecule has 2 aromatic rings. The largest absolute Gasteiger partial charge is 0.370 e. The molecule has 0 spiro atoms. The highest BCUT2D eigenvalue weighted by molar-refractivity contribution is 5.53. The van der Waals surface area contributed by atoms with Gasteiger partial charge in [-0.1, -0.05) is 18.2 Å². The molecule has 0 saturated carbocycles. The molecule has 0 saturated heterocycles. The summed E-state index contributed by atoms with van der Waals surface area (Å²) >= 11 is 0. The van der Waals surface area contributed by atoms with Crippen LogP contribution in [0.4, 0.5) is 10.1 Å².